The first-order valence-corrected chi connectivity index (χ1v) is 9.73. The Morgan fingerprint density at radius 3 is 2.76 bits per heavy atom. The summed E-state index contributed by atoms with van der Waals surface area (Å²) in [4.78, 5) is 1.25. The molecule has 5 heteroatoms. The maximum Gasteiger partial charge on any atom is 0.183 e. The molecule has 1 atom stereocenters. The standard InChI is InChI=1S/C16H20O3S2/c1-4-7-14-16(2,3)20-12-10-21(17,18)13-9-6-5-8-11(13)15(12)19-14/h5-6,8-9,14H,4,7,10H2,1-3H3. The van der Waals surface area contributed by atoms with Crippen molar-refractivity contribution in [3.8, 4) is 0 Å². The van der Waals surface area contributed by atoms with Crippen LogP contribution in [0.5, 0.6) is 0 Å². The summed E-state index contributed by atoms with van der Waals surface area (Å²) in [5.74, 6) is 0.843. The molecule has 1 unspecified atom stereocenters. The van der Waals surface area contributed by atoms with Crippen LogP contribution < -0.4 is 0 Å². The first kappa shape index (κ1) is 15.0. The number of benzene rings is 1. The molecule has 0 fully saturated rings. The molecule has 2 aliphatic heterocycles. The summed E-state index contributed by atoms with van der Waals surface area (Å²) in [6.45, 7) is 6.41. The Kier molecular flexibility index (Phi) is 3.61. The predicted octanol–water partition coefficient (Wildman–Crippen LogP) is 3.85. The van der Waals surface area contributed by atoms with Crippen molar-refractivity contribution in [2.45, 2.75) is 49.4 Å². The summed E-state index contributed by atoms with van der Waals surface area (Å²) in [5.41, 5.74) is 0.725. The molecular weight excluding hydrogens is 304 g/mol. The SMILES string of the molecule is CCCC1OC2=C(CS(=O)(=O)c3ccccc32)SC1(C)C. The van der Waals surface area contributed by atoms with Crippen LogP contribution in [0.2, 0.25) is 0 Å². The van der Waals surface area contributed by atoms with E-state index in [1.807, 2.05) is 12.1 Å². The highest BCUT2D eigenvalue weighted by Crippen LogP contribution is 2.50. The van der Waals surface area contributed by atoms with Gasteiger partial charge in [-0.2, -0.15) is 0 Å². The fraction of sp³-hybridized carbons (Fsp3) is 0.500. The van der Waals surface area contributed by atoms with Gasteiger partial charge in [-0.05, 0) is 32.4 Å². The van der Waals surface area contributed by atoms with E-state index in [1.165, 1.54) is 0 Å². The summed E-state index contributed by atoms with van der Waals surface area (Å²) in [6.07, 6.45) is 2.14. The Labute approximate surface area is 130 Å². The van der Waals surface area contributed by atoms with Crippen LogP contribution in [0.4, 0.5) is 0 Å². The van der Waals surface area contributed by atoms with E-state index in [0.29, 0.717) is 4.90 Å². The van der Waals surface area contributed by atoms with Gasteiger partial charge in [0.25, 0.3) is 0 Å². The van der Waals surface area contributed by atoms with Crippen LogP contribution in [0, 0.1) is 0 Å². The zero-order valence-corrected chi connectivity index (χ0v) is 14.2. The zero-order chi connectivity index (χ0) is 15.3. The fourth-order valence-corrected chi connectivity index (χ4v) is 6.23. The average molecular weight is 324 g/mol. The zero-order valence-electron chi connectivity index (χ0n) is 12.5. The van der Waals surface area contributed by atoms with Gasteiger partial charge in [0.05, 0.1) is 15.4 Å². The van der Waals surface area contributed by atoms with Gasteiger partial charge in [-0.15, -0.1) is 11.8 Å². The Morgan fingerprint density at radius 2 is 2.05 bits per heavy atom. The number of sulfone groups is 1. The number of rotatable bonds is 2. The normalized spacial score (nSPS) is 25.8. The molecule has 0 bridgehead atoms. The number of ether oxygens (including phenoxy) is 1. The molecule has 3 nitrogen and oxygen atoms in total. The highest BCUT2D eigenvalue weighted by atomic mass is 32.2. The molecule has 21 heavy (non-hydrogen) atoms. The molecule has 0 aromatic heterocycles. The molecule has 0 saturated carbocycles. The smallest absolute Gasteiger partial charge is 0.183 e. The van der Waals surface area contributed by atoms with E-state index >= 15 is 0 Å². The first-order valence-electron chi connectivity index (χ1n) is 7.26. The Balaban J connectivity index is 2.12. The molecule has 0 radical (unpaired) electrons. The summed E-state index contributed by atoms with van der Waals surface area (Å²) in [6, 6.07) is 7.17. The summed E-state index contributed by atoms with van der Waals surface area (Å²) < 4.78 is 31.0. The van der Waals surface area contributed by atoms with Crippen molar-refractivity contribution in [1.82, 2.24) is 0 Å². The van der Waals surface area contributed by atoms with Crippen molar-refractivity contribution in [3.63, 3.8) is 0 Å². The van der Waals surface area contributed by atoms with Gasteiger partial charge < -0.3 is 4.74 Å². The van der Waals surface area contributed by atoms with Crippen LogP contribution in [-0.2, 0) is 14.6 Å². The largest absolute Gasteiger partial charge is 0.487 e. The Morgan fingerprint density at radius 1 is 1.33 bits per heavy atom. The maximum atomic E-state index is 12.4. The topological polar surface area (TPSA) is 43.4 Å². The van der Waals surface area contributed by atoms with Gasteiger partial charge in [-0.3, -0.25) is 0 Å². The summed E-state index contributed by atoms with van der Waals surface area (Å²) in [7, 11) is -3.25. The molecule has 0 saturated heterocycles. The van der Waals surface area contributed by atoms with Crippen molar-refractivity contribution >= 4 is 27.4 Å². The first-order chi connectivity index (χ1) is 9.85. The van der Waals surface area contributed by atoms with Gasteiger partial charge in [0.1, 0.15) is 11.9 Å². The molecule has 3 rings (SSSR count). The molecule has 1 aromatic carbocycles. The van der Waals surface area contributed by atoms with E-state index in [2.05, 4.69) is 20.8 Å². The van der Waals surface area contributed by atoms with Gasteiger partial charge >= 0.3 is 0 Å². The lowest BCUT2D eigenvalue weighted by Gasteiger charge is -2.41. The fourth-order valence-electron chi connectivity index (χ4n) is 2.93. The number of hydrogen-bond acceptors (Lipinski definition) is 4. The highest BCUT2D eigenvalue weighted by molar-refractivity contribution is 8.06. The third-order valence-corrected chi connectivity index (χ3v) is 7.26. The van der Waals surface area contributed by atoms with Gasteiger partial charge in [-0.25, -0.2) is 8.42 Å². The lowest BCUT2D eigenvalue weighted by molar-refractivity contribution is 0.121. The summed E-state index contributed by atoms with van der Waals surface area (Å²) >= 11 is 1.66. The minimum atomic E-state index is -3.25. The molecule has 114 valence electrons. The molecule has 0 spiro atoms. The molecule has 1 aromatic rings. The highest BCUT2D eigenvalue weighted by Gasteiger charge is 2.43. The van der Waals surface area contributed by atoms with Crippen LogP contribution in [0.25, 0.3) is 5.76 Å². The molecule has 0 amide bonds. The molecule has 2 aliphatic rings. The van der Waals surface area contributed by atoms with E-state index in [-0.39, 0.29) is 16.6 Å². The minimum Gasteiger partial charge on any atom is -0.487 e. The second kappa shape index (κ2) is 5.06. The molecule has 0 N–H and O–H groups in total. The van der Waals surface area contributed by atoms with E-state index in [4.69, 9.17) is 4.74 Å². The van der Waals surface area contributed by atoms with Crippen LogP contribution >= 0.6 is 11.8 Å². The van der Waals surface area contributed by atoms with Crippen LogP contribution in [0.3, 0.4) is 0 Å². The van der Waals surface area contributed by atoms with Gasteiger partial charge in [0.15, 0.2) is 9.84 Å². The lowest BCUT2D eigenvalue weighted by Crippen LogP contribution is -2.40. The second-order valence-corrected chi connectivity index (χ2v) is 9.82. The Hall–Kier alpha value is -0.940. The van der Waals surface area contributed by atoms with E-state index in [1.54, 1.807) is 23.9 Å². The van der Waals surface area contributed by atoms with E-state index < -0.39 is 9.84 Å². The van der Waals surface area contributed by atoms with Gasteiger partial charge in [0.2, 0.25) is 0 Å². The monoisotopic (exact) mass is 324 g/mol. The second-order valence-electron chi connectivity index (χ2n) is 6.11. The predicted molar refractivity (Wildman–Crippen MR) is 86.9 cm³/mol. The average Bonchev–Trinajstić information content (AvgIpc) is 2.40. The van der Waals surface area contributed by atoms with Crippen LogP contribution in [-0.4, -0.2) is 25.0 Å². The number of fused-ring (bicyclic) bond motifs is 2. The number of hydrogen-bond donors (Lipinski definition) is 0. The number of thioether (sulfide) groups is 1. The molecular formula is C16H20O3S2. The van der Waals surface area contributed by atoms with Crippen molar-refractivity contribution < 1.29 is 13.2 Å². The maximum absolute atomic E-state index is 12.4. The van der Waals surface area contributed by atoms with Gasteiger partial charge in [0, 0.05) is 10.5 Å². The Bertz CT molecular complexity index is 702. The summed E-state index contributed by atoms with van der Waals surface area (Å²) in [5, 5.41) is 0. The molecule has 0 aliphatic carbocycles. The third-order valence-electron chi connectivity index (χ3n) is 4.01. The van der Waals surface area contributed by atoms with E-state index in [0.717, 1.165) is 29.1 Å². The van der Waals surface area contributed by atoms with Crippen LogP contribution in [0.1, 0.15) is 39.2 Å². The van der Waals surface area contributed by atoms with Crippen molar-refractivity contribution in [2.24, 2.45) is 0 Å². The van der Waals surface area contributed by atoms with E-state index in [9.17, 15) is 8.42 Å². The third kappa shape index (κ3) is 2.50. The van der Waals surface area contributed by atoms with Crippen LogP contribution in [0.15, 0.2) is 34.1 Å². The van der Waals surface area contributed by atoms with Gasteiger partial charge in [-0.1, -0.05) is 25.5 Å². The quantitative estimate of drug-likeness (QED) is 0.829. The molecule has 2 heterocycles. The van der Waals surface area contributed by atoms with Crippen molar-refractivity contribution in [2.75, 3.05) is 5.75 Å². The van der Waals surface area contributed by atoms with Crippen molar-refractivity contribution in [1.29, 1.82) is 0 Å². The minimum absolute atomic E-state index is 0.0618. The van der Waals surface area contributed by atoms with Crippen molar-refractivity contribution in [3.05, 3.63) is 34.7 Å². The lowest BCUT2D eigenvalue weighted by atomic mass is 10.0.